The molecule has 0 fully saturated rings. The number of thioether (sulfide) groups is 1. The van der Waals surface area contributed by atoms with Crippen molar-refractivity contribution in [3.05, 3.63) is 108 Å². The average Bonchev–Trinajstić information content (AvgIpc) is 3.50. The minimum atomic E-state index is -0.559. The van der Waals surface area contributed by atoms with Gasteiger partial charge >= 0.3 is 0 Å². The summed E-state index contributed by atoms with van der Waals surface area (Å²) in [7, 11) is 4.50. The lowest BCUT2D eigenvalue weighted by molar-refractivity contribution is -0.114. The summed E-state index contributed by atoms with van der Waals surface area (Å²) >= 11 is 2.78. The molecule has 0 saturated carbocycles. The Morgan fingerprint density at radius 3 is 2.17 bits per heavy atom. The molecule has 5 aromatic rings. The summed E-state index contributed by atoms with van der Waals surface area (Å²) in [5.41, 5.74) is 2.17. The maximum absolute atomic E-state index is 13.5. The highest BCUT2D eigenvalue weighted by Gasteiger charge is 2.18. The van der Waals surface area contributed by atoms with Crippen LogP contribution in [-0.4, -0.2) is 49.8 Å². The van der Waals surface area contributed by atoms with Gasteiger partial charge in [0.25, 0.3) is 11.8 Å². The minimum absolute atomic E-state index is 0.0238. The summed E-state index contributed by atoms with van der Waals surface area (Å²) in [6.07, 6.45) is 1.51. The molecule has 234 valence electrons. The van der Waals surface area contributed by atoms with Crippen LogP contribution in [0.1, 0.15) is 15.9 Å². The SMILES string of the molecule is COc1cc(OC)c(OC)cc1/C=C(\NC(=O)c1ccccc1)C(=O)Nc1ccc(SCC(=O)Nc2nc3ccccc3s2)cc1. The van der Waals surface area contributed by atoms with Gasteiger partial charge in [0.05, 0.1) is 37.3 Å². The molecule has 10 nitrogen and oxygen atoms in total. The third kappa shape index (κ3) is 8.03. The van der Waals surface area contributed by atoms with Gasteiger partial charge in [-0.1, -0.05) is 41.7 Å². The van der Waals surface area contributed by atoms with E-state index in [0.717, 1.165) is 15.1 Å². The molecular weight excluding hydrogens is 625 g/mol. The number of carbonyl (C=O) groups is 3. The molecule has 0 bridgehead atoms. The molecule has 0 unspecified atom stereocenters. The second kappa shape index (κ2) is 15.1. The fourth-order valence-electron chi connectivity index (χ4n) is 4.33. The highest BCUT2D eigenvalue weighted by molar-refractivity contribution is 8.00. The summed E-state index contributed by atoms with van der Waals surface area (Å²) in [5.74, 6) is 0.275. The van der Waals surface area contributed by atoms with Gasteiger partial charge in [-0.25, -0.2) is 4.98 Å². The summed E-state index contributed by atoms with van der Waals surface area (Å²) in [5, 5.41) is 8.95. The van der Waals surface area contributed by atoms with Crippen LogP contribution in [0.15, 0.2) is 102 Å². The molecule has 3 amide bonds. The summed E-state index contributed by atoms with van der Waals surface area (Å²) < 4.78 is 17.3. The van der Waals surface area contributed by atoms with Crippen molar-refractivity contribution >= 4 is 67.9 Å². The van der Waals surface area contributed by atoms with E-state index in [1.807, 2.05) is 24.3 Å². The van der Waals surface area contributed by atoms with Gasteiger partial charge in [0.2, 0.25) is 5.91 Å². The number of hydrogen-bond acceptors (Lipinski definition) is 9. The van der Waals surface area contributed by atoms with Crippen LogP contribution in [0.3, 0.4) is 0 Å². The zero-order valence-electron chi connectivity index (χ0n) is 25.2. The lowest BCUT2D eigenvalue weighted by Crippen LogP contribution is -2.30. The summed E-state index contributed by atoms with van der Waals surface area (Å²) in [6, 6.07) is 26.6. The average molecular weight is 655 g/mol. The third-order valence-corrected chi connectivity index (χ3v) is 8.55. The van der Waals surface area contributed by atoms with Gasteiger partial charge in [-0.3, -0.25) is 14.4 Å². The first-order chi connectivity index (χ1) is 22.4. The second-order valence-electron chi connectivity index (χ2n) is 9.63. The van der Waals surface area contributed by atoms with Gasteiger partial charge < -0.3 is 30.2 Å². The largest absolute Gasteiger partial charge is 0.496 e. The van der Waals surface area contributed by atoms with Gasteiger partial charge in [-0.2, -0.15) is 0 Å². The van der Waals surface area contributed by atoms with Crippen LogP contribution in [0, 0.1) is 0 Å². The van der Waals surface area contributed by atoms with Crippen LogP contribution >= 0.6 is 23.1 Å². The van der Waals surface area contributed by atoms with E-state index in [9.17, 15) is 14.4 Å². The second-order valence-corrected chi connectivity index (χ2v) is 11.7. The van der Waals surface area contributed by atoms with Crippen LogP contribution in [0.5, 0.6) is 17.2 Å². The fraction of sp³-hybridized carbons (Fsp3) is 0.118. The number of benzene rings is 4. The van der Waals surface area contributed by atoms with Crippen LogP contribution in [-0.2, 0) is 9.59 Å². The van der Waals surface area contributed by atoms with E-state index in [0.29, 0.717) is 39.2 Å². The van der Waals surface area contributed by atoms with E-state index in [-0.39, 0.29) is 17.4 Å². The number of nitrogens with one attached hydrogen (secondary N) is 3. The molecule has 0 radical (unpaired) electrons. The molecule has 0 spiro atoms. The zero-order chi connectivity index (χ0) is 32.5. The quantitative estimate of drug-likeness (QED) is 0.103. The first kappa shape index (κ1) is 32.1. The van der Waals surface area contributed by atoms with Crippen molar-refractivity contribution in [2.45, 2.75) is 4.90 Å². The Morgan fingerprint density at radius 2 is 1.48 bits per heavy atom. The molecule has 0 aliphatic heterocycles. The Kier molecular flexibility index (Phi) is 10.5. The molecule has 3 N–H and O–H groups in total. The van der Waals surface area contributed by atoms with Gasteiger partial charge in [0.1, 0.15) is 11.4 Å². The van der Waals surface area contributed by atoms with Crippen molar-refractivity contribution in [1.29, 1.82) is 0 Å². The van der Waals surface area contributed by atoms with E-state index in [1.165, 1.54) is 50.5 Å². The van der Waals surface area contributed by atoms with Crippen molar-refractivity contribution in [2.24, 2.45) is 0 Å². The lowest BCUT2D eigenvalue weighted by Gasteiger charge is -2.15. The van der Waals surface area contributed by atoms with Crippen molar-refractivity contribution in [1.82, 2.24) is 10.3 Å². The number of thiazole rings is 1. The van der Waals surface area contributed by atoms with E-state index in [4.69, 9.17) is 14.2 Å². The molecule has 1 heterocycles. The number of carbonyl (C=O) groups excluding carboxylic acids is 3. The van der Waals surface area contributed by atoms with Gasteiger partial charge in [-0.15, -0.1) is 11.8 Å². The van der Waals surface area contributed by atoms with Crippen molar-refractivity contribution in [3.8, 4) is 17.2 Å². The van der Waals surface area contributed by atoms with Gasteiger partial charge in [0.15, 0.2) is 16.6 Å². The number of amides is 3. The maximum atomic E-state index is 13.5. The van der Waals surface area contributed by atoms with Gasteiger partial charge in [-0.05, 0) is 60.7 Å². The summed E-state index contributed by atoms with van der Waals surface area (Å²) in [4.78, 5) is 44.4. The molecule has 0 aliphatic rings. The van der Waals surface area contributed by atoms with Crippen LogP contribution in [0.4, 0.5) is 10.8 Å². The van der Waals surface area contributed by atoms with Crippen molar-refractivity contribution in [2.75, 3.05) is 37.7 Å². The van der Waals surface area contributed by atoms with Crippen LogP contribution in [0.2, 0.25) is 0 Å². The first-order valence-electron chi connectivity index (χ1n) is 13.9. The molecule has 12 heteroatoms. The zero-order valence-corrected chi connectivity index (χ0v) is 26.8. The van der Waals surface area contributed by atoms with Crippen LogP contribution < -0.4 is 30.2 Å². The molecule has 0 saturated heterocycles. The fourth-order valence-corrected chi connectivity index (χ4v) is 5.91. The van der Waals surface area contributed by atoms with Crippen molar-refractivity contribution in [3.63, 3.8) is 0 Å². The normalized spacial score (nSPS) is 11.1. The third-order valence-electron chi connectivity index (χ3n) is 6.59. The first-order valence-corrected chi connectivity index (χ1v) is 15.7. The number of ether oxygens (including phenoxy) is 3. The topological polar surface area (TPSA) is 128 Å². The van der Waals surface area contributed by atoms with Gasteiger partial charge in [0, 0.05) is 27.8 Å². The Bertz CT molecular complexity index is 1860. The molecule has 5 rings (SSSR count). The monoisotopic (exact) mass is 654 g/mol. The van der Waals surface area contributed by atoms with E-state index >= 15 is 0 Å². The number of hydrogen-bond donors (Lipinski definition) is 3. The molecule has 0 atom stereocenters. The maximum Gasteiger partial charge on any atom is 0.272 e. The van der Waals surface area contributed by atoms with Crippen LogP contribution in [0.25, 0.3) is 16.3 Å². The Labute approximate surface area is 273 Å². The van der Waals surface area contributed by atoms with E-state index in [1.54, 1.807) is 66.7 Å². The smallest absolute Gasteiger partial charge is 0.272 e. The molecule has 0 aliphatic carbocycles. The molecule has 46 heavy (non-hydrogen) atoms. The minimum Gasteiger partial charge on any atom is -0.496 e. The lowest BCUT2D eigenvalue weighted by atomic mass is 10.1. The number of para-hydroxylation sites is 1. The Hall–Kier alpha value is -5.33. The summed E-state index contributed by atoms with van der Waals surface area (Å²) in [6.45, 7) is 0. The Morgan fingerprint density at radius 1 is 0.804 bits per heavy atom. The number of aromatic nitrogens is 1. The number of anilines is 2. The predicted molar refractivity (Wildman–Crippen MR) is 182 cm³/mol. The van der Waals surface area contributed by atoms with E-state index < -0.39 is 11.8 Å². The predicted octanol–water partition coefficient (Wildman–Crippen LogP) is 6.46. The highest BCUT2D eigenvalue weighted by Crippen LogP contribution is 2.36. The molecule has 4 aromatic carbocycles. The number of methoxy groups -OCH3 is 3. The standard InChI is InChI=1S/C34H30N4O6S2/c1-42-27-19-29(44-3)28(43-2)18-22(27)17-26(36-32(40)21-9-5-4-6-10-21)33(41)35-23-13-15-24(16-14-23)45-20-31(39)38-34-37-25-11-7-8-12-30(25)46-34/h4-19H,20H2,1-3H3,(H,35,41)(H,36,40)(H,37,38,39)/b26-17-. The number of nitrogens with zero attached hydrogens (tertiary/aromatic N) is 1. The highest BCUT2D eigenvalue weighted by atomic mass is 32.2. The molecular formula is C34H30N4O6S2. The molecule has 1 aromatic heterocycles. The van der Waals surface area contributed by atoms with E-state index in [2.05, 4.69) is 20.9 Å². The number of fused-ring (bicyclic) bond motifs is 1. The van der Waals surface area contributed by atoms with Crippen molar-refractivity contribution < 1.29 is 28.6 Å². The Balaban J connectivity index is 1.29. The number of rotatable bonds is 12.